The van der Waals surface area contributed by atoms with E-state index in [0.29, 0.717) is 22.5 Å². The molecule has 160 valence electrons. The van der Waals surface area contributed by atoms with Gasteiger partial charge in [0.25, 0.3) is 11.8 Å². The number of hydrogen-bond donors (Lipinski definition) is 2. The van der Waals surface area contributed by atoms with Gasteiger partial charge in [-0.05, 0) is 69.1 Å². The molecule has 3 fully saturated rings. The fraction of sp³-hybridized carbons (Fsp3) is 0.429. The number of nitrogens with zero attached hydrogens (tertiary/aromatic N) is 1. The fourth-order valence-corrected chi connectivity index (χ4v) is 6.28. The normalized spacial score (nSPS) is 25.3. The Labute approximate surface area is 182 Å². The van der Waals surface area contributed by atoms with Gasteiger partial charge in [-0.15, -0.1) is 11.3 Å². The molecule has 1 aromatic carbocycles. The van der Waals surface area contributed by atoms with Crippen LogP contribution in [-0.2, 0) is 4.79 Å². The van der Waals surface area contributed by atoms with Gasteiger partial charge in [0, 0.05) is 22.7 Å². The van der Waals surface area contributed by atoms with Crippen LogP contribution in [0.2, 0.25) is 0 Å². The third-order valence-electron chi connectivity index (χ3n) is 5.80. The Hall–Kier alpha value is -1.97. The smallest absolute Gasteiger partial charge is 0.315 e. The molecule has 2 bridgehead atoms. The molecule has 4 heterocycles. The maximum absolute atomic E-state index is 12.8. The lowest BCUT2D eigenvalue weighted by molar-refractivity contribution is -0.126. The lowest BCUT2D eigenvalue weighted by Gasteiger charge is -2.49. The number of benzene rings is 1. The van der Waals surface area contributed by atoms with Crippen LogP contribution in [0.3, 0.4) is 0 Å². The van der Waals surface area contributed by atoms with Gasteiger partial charge in [0.05, 0.1) is 9.09 Å². The van der Waals surface area contributed by atoms with Gasteiger partial charge in [-0.1, -0.05) is 17.8 Å². The predicted octanol–water partition coefficient (Wildman–Crippen LogP) is 4.32. The van der Waals surface area contributed by atoms with E-state index >= 15 is 0 Å². The van der Waals surface area contributed by atoms with Gasteiger partial charge >= 0.3 is 6.43 Å². The molecule has 3 aliphatic heterocycles. The molecule has 2 atom stereocenters. The first-order valence-corrected chi connectivity index (χ1v) is 11.6. The Balaban J connectivity index is 1.38. The Morgan fingerprint density at radius 1 is 1.20 bits per heavy atom. The van der Waals surface area contributed by atoms with E-state index in [0.717, 1.165) is 35.0 Å². The predicted molar refractivity (Wildman–Crippen MR) is 115 cm³/mol. The molecule has 2 aromatic rings. The molecule has 5 nitrogen and oxygen atoms in total. The van der Waals surface area contributed by atoms with Crippen molar-refractivity contribution in [3.05, 3.63) is 41.3 Å². The fourth-order valence-electron chi connectivity index (χ4n) is 4.22. The van der Waals surface area contributed by atoms with Crippen LogP contribution in [0.5, 0.6) is 0 Å². The molecule has 2 amide bonds. The van der Waals surface area contributed by atoms with E-state index in [1.54, 1.807) is 18.2 Å². The maximum Gasteiger partial charge on any atom is 0.315 e. The van der Waals surface area contributed by atoms with Crippen LogP contribution < -0.4 is 10.6 Å². The van der Waals surface area contributed by atoms with Crippen LogP contribution in [0.15, 0.2) is 45.5 Å². The van der Waals surface area contributed by atoms with Crippen molar-refractivity contribution in [3.8, 4) is 0 Å². The first kappa shape index (κ1) is 21.3. The van der Waals surface area contributed by atoms with Gasteiger partial charge in [-0.25, -0.2) is 0 Å². The number of amides is 2. The lowest BCUT2D eigenvalue weighted by Crippen LogP contribution is -2.62. The number of carbonyl (C=O) groups excluding carboxylic acids is 2. The SMILES string of the molecule is CC1C(NC(=O)c2ccc(Sc3cccc(NC(=O)C(F)F)c3)s2)C2CCN1CC2. The second kappa shape index (κ2) is 9.03. The highest BCUT2D eigenvalue weighted by Crippen LogP contribution is 2.36. The zero-order valence-electron chi connectivity index (χ0n) is 16.4. The first-order valence-electron chi connectivity index (χ1n) is 9.92. The molecule has 0 aliphatic carbocycles. The summed E-state index contributed by atoms with van der Waals surface area (Å²) < 4.78 is 25.8. The van der Waals surface area contributed by atoms with E-state index in [-0.39, 0.29) is 11.9 Å². The molecule has 3 aliphatic rings. The first-order chi connectivity index (χ1) is 14.4. The van der Waals surface area contributed by atoms with Gasteiger partial charge in [0.15, 0.2) is 0 Å². The number of nitrogens with one attached hydrogen (secondary N) is 2. The van der Waals surface area contributed by atoms with Crippen molar-refractivity contribution >= 4 is 40.6 Å². The average Bonchev–Trinajstić information content (AvgIpc) is 3.19. The van der Waals surface area contributed by atoms with E-state index in [1.165, 1.54) is 23.1 Å². The number of carbonyl (C=O) groups is 2. The van der Waals surface area contributed by atoms with Crippen molar-refractivity contribution in [2.24, 2.45) is 5.92 Å². The van der Waals surface area contributed by atoms with Crippen LogP contribution in [-0.4, -0.2) is 48.3 Å². The standard InChI is InChI=1S/C21H23F2N3O2S2/c1-12-18(13-7-9-26(12)10-8-13)25-20(27)16-5-6-17(30-16)29-15-4-2-3-14(11-15)24-21(28)19(22)23/h2-6,11-13,18-19H,7-10H2,1H3,(H,24,28)(H,25,27). The second-order valence-corrected chi connectivity index (χ2v) is 10.1. The van der Waals surface area contributed by atoms with Crippen LogP contribution >= 0.6 is 23.1 Å². The minimum absolute atomic E-state index is 0.0459. The Morgan fingerprint density at radius 2 is 1.97 bits per heavy atom. The van der Waals surface area contributed by atoms with Crippen LogP contribution in [0.1, 0.15) is 29.4 Å². The van der Waals surface area contributed by atoms with Crippen LogP contribution in [0, 0.1) is 5.92 Å². The Kier molecular flexibility index (Phi) is 6.40. The minimum Gasteiger partial charge on any atom is -0.347 e. The molecule has 9 heteroatoms. The highest BCUT2D eigenvalue weighted by atomic mass is 32.2. The lowest BCUT2D eigenvalue weighted by atomic mass is 9.79. The molecule has 2 N–H and O–H groups in total. The molecule has 0 saturated carbocycles. The average molecular weight is 452 g/mol. The number of piperidine rings is 3. The monoisotopic (exact) mass is 451 g/mol. The van der Waals surface area contributed by atoms with E-state index in [9.17, 15) is 18.4 Å². The van der Waals surface area contributed by atoms with Gasteiger partial charge in [-0.2, -0.15) is 8.78 Å². The topological polar surface area (TPSA) is 61.4 Å². The van der Waals surface area contributed by atoms with Crippen molar-refractivity contribution in [2.75, 3.05) is 18.4 Å². The third kappa shape index (κ3) is 4.68. The molecular weight excluding hydrogens is 428 g/mol. The summed E-state index contributed by atoms with van der Waals surface area (Å²) in [6.45, 7) is 4.43. The molecule has 5 rings (SSSR count). The summed E-state index contributed by atoms with van der Waals surface area (Å²) in [6, 6.07) is 11.0. The second-order valence-electron chi connectivity index (χ2n) is 7.65. The summed E-state index contributed by atoms with van der Waals surface area (Å²) in [5, 5.41) is 5.42. The van der Waals surface area contributed by atoms with Crippen molar-refractivity contribution in [1.29, 1.82) is 0 Å². The van der Waals surface area contributed by atoms with E-state index in [1.807, 2.05) is 18.2 Å². The van der Waals surface area contributed by atoms with Gasteiger partial charge in [0.1, 0.15) is 0 Å². The van der Waals surface area contributed by atoms with Crippen molar-refractivity contribution in [3.63, 3.8) is 0 Å². The largest absolute Gasteiger partial charge is 0.347 e. The van der Waals surface area contributed by atoms with Gasteiger partial charge in [-0.3, -0.25) is 14.5 Å². The maximum atomic E-state index is 12.8. The zero-order chi connectivity index (χ0) is 21.3. The third-order valence-corrected chi connectivity index (χ3v) is 8.00. The number of halogens is 2. The molecule has 30 heavy (non-hydrogen) atoms. The van der Waals surface area contributed by atoms with Crippen molar-refractivity contribution < 1.29 is 18.4 Å². The Bertz CT molecular complexity index is 926. The van der Waals surface area contributed by atoms with E-state index < -0.39 is 12.3 Å². The highest BCUT2D eigenvalue weighted by Gasteiger charge is 2.40. The molecule has 3 saturated heterocycles. The molecule has 0 radical (unpaired) electrons. The molecule has 2 unspecified atom stereocenters. The summed E-state index contributed by atoms with van der Waals surface area (Å²) in [4.78, 5) is 27.9. The molecule has 1 aromatic heterocycles. The summed E-state index contributed by atoms with van der Waals surface area (Å²) in [7, 11) is 0. The quantitative estimate of drug-likeness (QED) is 0.687. The number of anilines is 1. The number of fused-ring (bicyclic) bond motifs is 3. The van der Waals surface area contributed by atoms with Gasteiger partial charge < -0.3 is 10.6 Å². The number of hydrogen-bond acceptors (Lipinski definition) is 5. The minimum atomic E-state index is -3.06. The van der Waals surface area contributed by atoms with E-state index in [4.69, 9.17) is 0 Å². The Morgan fingerprint density at radius 3 is 2.67 bits per heavy atom. The van der Waals surface area contributed by atoms with Gasteiger partial charge in [0.2, 0.25) is 0 Å². The van der Waals surface area contributed by atoms with Crippen LogP contribution in [0.4, 0.5) is 14.5 Å². The number of alkyl halides is 2. The highest BCUT2D eigenvalue weighted by molar-refractivity contribution is 8.01. The molecule has 0 spiro atoms. The summed E-state index contributed by atoms with van der Waals surface area (Å²) in [5.41, 5.74) is 0.316. The summed E-state index contributed by atoms with van der Waals surface area (Å²) in [5.74, 6) is -0.821. The van der Waals surface area contributed by atoms with Crippen molar-refractivity contribution in [1.82, 2.24) is 10.2 Å². The number of rotatable bonds is 6. The molecular formula is C21H23F2N3O2S2. The summed E-state index contributed by atoms with van der Waals surface area (Å²) in [6.07, 6.45) is -0.781. The van der Waals surface area contributed by atoms with E-state index in [2.05, 4.69) is 22.5 Å². The van der Waals surface area contributed by atoms with Crippen LogP contribution in [0.25, 0.3) is 0 Å². The van der Waals surface area contributed by atoms with Crippen molar-refractivity contribution in [2.45, 2.75) is 47.4 Å². The summed E-state index contributed by atoms with van der Waals surface area (Å²) >= 11 is 2.83. The zero-order valence-corrected chi connectivity index (χ0v) is 18.1. The number of thiophene rings is 1.